The van der Waals surface area contributed by atoms with Crippen molar-refractivity contribution in [1.82, 2.24) is 4.90 Å². The lowest BCUT2D eigenvalue weighted by Crippen LogP contribution is -2.49. The number of amides is 1. The lowest BCUT2D eigenvalue weighted by atomic mass is 9.64. The minimum absolute atomic E-state index is 0.00108. The van der Waals surface area contributed by atoms with E-state index in [0.717, 1.165) is 32.1 Å². The van der Waals surface area contributed by atoms with Crippen molar-refractivity contribution in [3.63, 3.8) is 0 Å². The molecule has 1 aromatic carbocycles. The minimum atomic E-state index is -0.150. The Morgan fingerprint density at radius 3 is 2.68 bits per heavy atom. The second kappa shape index (κ2) is 5.36. The van der Waals surface area contributed by atoms with E-state index in [1.807, 2.05) is 23.1 Å². The SMILES string of the molecule is COC1CCC2CC3(CC(OCc4ccccc4)C3)C(=O)N21. The van der Waals surface area contributed by atoms with E-state index in [0.29, 0.717) is 18.6 Å². The van der Waals surface area contributed by atoms with Crippen molar-refractivity contribution in [2.24, 2.45) is 5.41 Å². The molecule has 4 heteroatoms. The summed E-state index contributed by atoms with van der Waals surface area (Å²) < 4.78 is 11.4. The van der Waals surface area contributed by atoms with Crippen LogP contribution in [0, 0.1) is 5.41 Å². The highest BCUT2D eigenvalue weighted by atomic mass is 16.5. The molecular formula is C18H23NO3. The number of rotatable bonds is 4. The molecule has 3 fully saturated rings. The van der Waals surface area contributed by atoms with Gasteiger partial charge >= 0.3 is 0 Å². The van der Waals surface area contributed by atoms with Gasteiger partial charge in [-0.1, -0.05) is 30.3 Å². The Hall–Kier alpha value is -1.39. The monoisotopic (exact) mass is 301 g/mol. The predicted octanol–water partition coefficient (Wildman–Crippen LogP) is 2.72. The zero-order valence-corrected chi connectivity index (χ0v) is 13.0. The van der Waals surface area contributed by atoms with Crippen LogP contribution in [0.2, 0.25) is 0 Å². The smallest absolute Gasteiger partial charge is 0.231 e. The van der Waals surface area contributed by atoms with E-state index in [9.17, 15) is 4.79 Å². The molecule has 3 aliphatic rings. The molecule has 2 unspecified atom stereocenters. The minimum Gasteiger partial charge on any atom is -0.373 e. The molecule has 1 aromatic rings. The van der Waals surface area contributed by atoms with Crippen LogP contribution in [0.5, 0.6) is 0 Å². The Morgan fingerprint density at radius 2 is 1.95 bits per heavy atom. The Kier molecular flexibility index (Phi) is 3.46. The van der Waals surface area contributed by atoms with Gasteiger partial charge in [-0.15, -0.1) is 0 Å². The maximum absolute atomic E-state index is 12.8. The third-order valence-electron chi connectivity index (χ3n) is 5.60. The summed E-state index contributed by atoms with van der Waals surface area (Å²) in [6.07, 6.45) is 5.05. The zero-order valence-electron chi connectivity index (χ0n) is 13.0. The molecular weight excluding hydrogens is 278 g/mol. The fourth-order valence-electron chi connectivity index (χ4n) is 4.45. The third kappa shape index (κ3) is 2.17. The molecule has 118 valence electrons. The standard InChI is InChI=1S/C18H23NO3/c1-21-16-8-7-14-9-18(17(20)19(14)16)10-15(11-18)22-12-13-5-3-2-4-6-13/h2-6,14-16H,7-12H2,1H3. The molecule has 2 atom stereocenters. The molecule has 1 amide bonds. The van der Waals surface area contributed by atoms with Gasteiger partial charge < -0.3 is 14.4 Å². The van der Waals surface area contributed by atoms with Crippen LogP contribution in [0.15, 0.2) is 30.3 Å². The van der Waals surface area contributed by atoms with Crippen molar-refractivity contribution in [1.29, 1.82) is 0 Å². The predicted molar refractivity (Wildman–Crippen MR) is 82.0 cm³/mol. The Labute approximate surface area is 131 Å². The lowest BCUT2D eigenvalue weighted by Gasteiger charge is -2.43. The van der Waals surface area contributed by atoms with Gasteiger partial charge in [0.25, 0.3) is 0 Å². The van der Waals surface area contributed by atoms with Crippen LogP contribution >= 0.6 is 0 Å². The number of fused-ring (bicyclic) bond motifs is 1. The fourth-order valence-corrected chi connectivity index (χ4v) is 4.45. The number of carbonyl (C=O) groups is 1. The highest BCUT2D eigenvalue weighted by Gasteiger charge is 2.61. The van der Waals surface area contributed by atoms with Crippen LogP contribution in [0.1, 0.15) is 37.7 Å². The molecule has 1 spiro atoms. The van der Waals surface area contributed by atoms with E-state index in [1.165, 1.54) is 5.56 Å². The number of methoxy groups -OCH3 is 1. The molecule has 2 saturated heterocycles. The highest BCUT2D eigenvalue weighted by Crippen LogP contribution is 2.55. The van der Waals surface area contributed by atoms with Crippen LogP contribution in [-0.2, 0) is 20.9 Å². The maximum atomic E-state index is 12.8. The molecule has 1 saturated carbocycles. The number of nitrogens with zero attached hydrogens (tertiary/aromatic N) is 1. The number of ether oxygens (including phenoxy) is 2. The molecule has 4 rings (SSSR count). The van der Waals surface area contributed by atoms with Crippen molar-refractivity contribution in [2.45, 2.75) is 57.1 Å². The van der Waals surface area contributed by atoms with Gasteiger partial charge in [0.2, 0.25) is 5.91 Å². The zero-order chi connectivity index (χ0) is 15.2. The molecule has 0 aromatic heterocycles. The van der Waals surface area contributed by atoms with E-state index in [2.05, 4.69) is 12.1 Å². The van der Waals surface area contributed by atoms with Crippen LogP contribution in [-0.4, -0.2) is 36.3 Å². The molecule has 0 bridgehead atoms. The number of hydrogen-bond acceptors (Lipinski definition) is 3. The van der Waals surface area contributed by atoms with E-state index >= 15 is 0 Å². The van der Waals surface area contributed by atoms with Gasteiger partial charge in [0.05, 0.1) is 18.1 Å². The number of hydrogen-bond donors (Lipinski definition) is 0. The quantitative estimate of drug-likeness (QED) is 0.858. The van der Waals surface area contributed by atoms with Crippen molar-refractivity contribution < 1.29 is 14.3 Å². The molecule has 2 aliphatic heterocycles. The van der Waals surface area contributed by atoms with Gasteiger partial charge in [-0.3, -0.25) is 4.79 Å². The molecule has 0 N–H and O–H groups in total. The molecule has 22 heavy (non-hydrogen) atoms. The molecule has 4 nitrogen and oxygen atoms in total. The van der Waals surface area contributed by atoms with Gasteiger partial charge in [-0.2, -0.15) is 0 Å². The van der Waals surface area contributed by atoms with Gasteiger partial charge in [-0.25, -0.2) is 0 Å². The summed E-state index contributed by atoms with van der Waals surface area (Å²) in [4.78, 5) is 14.8. The third-order valence-corrected chi connectivity index (χ3v) is 5.60. The van der Waals surface area contributed by atoms with Gasteiger partial charge in [0.15, 0.2) is 0 Å². The van der Waals surface area contributed by atoms with Crippen LogP contribution in [0.3, 0.4) is 0 Å². The summed E-state index contributed by atoms with van der Waals surface area (Å²) in [6.45, 7) is 0.642. The average Bonchev–Trinajstić information content (AvgIpc) is 3.03. The first-order chi connectivity index (χ1) is 10.7. The molecule has 2 heterocycles. The van der Waals surface area contributed by atoms with E-state index in [1.54, 1.807) is 7.11 Å². The first-order valence-electron chi connectivity index (χ1n) is 8.23. The summed E-state index contributed by atoms with van der Waals surface area (Å²) in [6, 6.07) is 10.6. The van der Waals surface area contributed by atoms with Gasteiger partial charge in [0.1, 0.15) is 6.23 Å². The molecule has 0 radical (unpaired) electrons. The summed E-state index contributed by atoms with van der Waals surface area (Å²) in [5.41, 5.74) is 1.05. The van der Waals surface area contributed by atoms with Gasteiger partial charge in [-0.05, 0) is 37.7 Å². The summed E-state index contributed by atoms with van der Waals surface area (Å²) in [5.74, 6) is 0.307. The second-order valence-electron chi connectivity index (χ2n) is 6.95. The summed E-state index contributed by atoms with van der Waals surface area (Å²) in [7, 11) is 1.71. The summed E-state index contributed by atoms with van der Waals surface area (Å²) >= 11 is 0. The van der Waals surface area contributed by atoms with E-state index in [4.69, 9.17) is 9.47 Å². The number of carbonyl (C=O) groups excluding carboxylic acids is 1. The fraction of sp³-hybridized carbons (Fsp3) is 0.611. The van der Waals surface area contributed by atoms with Crippen molar-refractivity contribution in [2.75, 3.05) is 7.11 Å². The topological polar surface area (TPSA) is 38.8 Å². The Bertz CT molecular complexity index is 553. The maximum Gasteiger partial charge on any atom is 0.231 e. The van der Waals surface area contributed by atoms with E-state index in [-0.39, 0.29) is 17.7 Å². The van der Waals surface area contributed by atoms with Crippen molar-refractivity contribution in [3.05, 3.63) is 35.9 Å². The first-order valence-corrected chi connectivity index (χ1v) is 8.23. The van der Waals surface area contributed by atoms with Crippen molar-refractivity contribution in [3.8, 4) is 0 Å². The number of benzene rings is 1. The van der Waals surface area contributed by atoms with Crippen LogP contribution < -0.4 is 0 Å². The largest absolute Gasteiger partial charge is 0.373 e. The lowest BCUT2D eigenvalue weighted by molar-refractivity contribution is -0.159. The first kappa shape index (κ1) is 14.2. The molecule has 1 aliphatic carbocycles. The highest BCUT2D eigenvalue weighted by molar-refractivity contribution is 5.87. The van der Waals surface area contributed by atoms with Crippen LogP contribution in [0.4, 0.5) is 0 Å². The van der Waals surface area contributed by atoms with Gasteiger partial charge in [0, 0.05) is 13.2 Å². The van der Waals surface area contributed by atoms with Crippen molar-refractivity contribution >= 4 is 5.91 Å². The summed E-state index contributed by atoms with van der Waals surface area (Å²) in [5, 5.41) is 0. The van der Waals surface area contributed by atoms with E-state index < -0.39 is 0 Å². The Balaban J connectivity index is 1.34. The normalized spacial score (nSPS) is 36.7. The Morgan fingerprint density at radius 1 is 1.18 bits per heavy atom. The van der Waals surface area contributed by atoms with Crippen LogP contribution in [0.25, 0.3) is 0 Å². The second-order valence-corrected chi connectivity index (χ2v) is 6.95. The average molecular weight is 301 g/mol.